The monoisotopic (exact) mass is 305 g/mol. The van der Waals surface area contributed by atoms with Crippen molar-refractivity contribution in [2.24, 2.45) is 0 Å². The molecule has 0 saturated carbocycles. The number of hydrogen-bond donors (Lipinski definition) is 1. The summed E-state index contributed by atoms with van der Waals surface area (Å²) in [4.78, 5) is -0.105. The first-order valence-corrected chi connectivity index (χ1v) is 4.96. The van der Waals surface area contributed by atoms with E-state index in [0.29, 0.717) is 4.47 Å². The van der Waals surface area contributed by atoms with E-state index in [2.05, 4.69) is 15.9 Å². The molecule has 3 radical (unpaired) electrons. The summed E-state index contributed by atoms with van der Waals surface area (Å²) in [5, 5.41) is 0. The van der Waals surface area contributed by atoms with Gasteiger partial charge in [0.1, 0.15) is 0 Å². The molecule has 0 aromatic heterocycles. The second kappa shape index (κ2) is 4.47. The molecule has 0 aliphatic rings. The normalized spacial score (nSPS) is 10.5. The van der Waals surface area contributed by atoms with Gasteiger partial charge in [0.15, 0.2) is 0 Å². The average Bonchev–Trinajstić information content (AvgIpc) is 1.86. The minimum Gasteiger partial charge on any atom is -0.282 e. The van der Waals surface area contributed by atoms with E-state index in [9.17, 15) is 8.42 Å². The van der Waals surface area contributed by atoms with Gasteiger partial charge in [-0.1, -0.05) is 22.0 Å². The van der Waals surface area contributed by atoms with Crippen molar-refractivity contribution in [2.45, 2.75) is 4.90 Å². The van der Waals surface area contributed by atoms with Gasteiger partial charge in [0.25, 0.3) is 10.1 Å². The van der Waals surface area contributed by atoms with E-state index in [1.54, 1.807) is 6.07 Å². The van der Waals surface area contributed by atoms with Crippen LogP contribution in [0.1, 0.15) is 0 Å². The largest absolute Gasteiger partial charge is 0.294 e. The molecule has 1 N–H and O–H groups in total. The Labute approximate surface area is 92.1 Å². The first-order chi connectivity index (χ1) is 5.00. The van der Waals surface area contributed by atoms with Gasteiger partial charge >= 0.3 is 0 Å². The van der Waals surface area contributed by atoms with Crippen molar-refractivity contribution in [3.05, 3.63) is 28.7 Å². The van der Waals surface area contributed by atoms with Gasteiger partial charge in [-0.05, 0) is 18.2 Å². The summed E-state index contributed by atoms with van der Waals surface area (Å²) in [6, 6.07) is 5.86. The van der Waals surface area contributed by atoms with Crippen LogP contribution >= 0.6 is 15.9 Å². The molecule has 0 bridgehead atoms. The van der Waals surface area contributed by atoms with E-state index in [1.807, 2.05) is 0 Å². The molecule has 63 valence electrons. The predicted molar refractivity (Wildman–Crippen MR) is 49.7 cm³/mol. The van der Waals surface area contributed by atoms with Crippen molar-refractivity contribution < 1.29 is 13.0 Å². The summed E-state index contributed by atoms with van der Waals surface area (Å²) < 4.78 is 30.2. The van der Waals surface area contributed by atoms with Crippen LogP contribution in [0.15, 0.2) is 33.6 Å². The Bertz CT molecular complexity index is 363. The van der Waals surface area contributed by atoms with Crippen LogP contribution < -0.4 is 0 Å². The van der Waals surface area contributed by atoms with Crippen LogP contribution in [0.2, 0.25) is 0 Å². The maximum Gasteiger partial charge on any atom is 0.294 e. The van der Waals surface area contributed by atoms with Gasteiger partial charge in [-0.3, -0.25) is 4.55 Å². The Morgan fingerprint density at radius 3 is 2.25 bits per heavy atom. The van der Waals surface area contributed by atoms with E-state index in [0.717, 1.165) is 0 Å². The maximum absolute atomic E-state index is 10.5. The molecule has 3 nitrogen and oxygen atoms in total. The third-order valence-corrected chi connectivity index (χ3v) is 2.44. The Morgan fingerprint density at radius 1 is 1.33 bits per heavy atom. The van der Waals surface area contributed by atoms with E-state index in [1.165, 1.54) is 18.2 Å². The first kappa shape index (κ1) is 12.2. The van der Waals surface area contributed by atoms with E-state index in [-0.39, 0.29) is 24.7 Å². The van der Waals surface area contributed by atoms with Crippen LogP contribution in [0.25, 0.3) is 0 Å². The minimum atomic E-state index is -4.06. The molecule has 0 unspecified atom stereocenters. The molecular formula is C6H5BrGaO3S. The summed E-state index contributed by atoms with van der Waals surface area (Å²) in [5.41, 5.74) is 0. The maximum atomic E-state index is 10.5. The third-order valence-electron chi connectivity index (χ3n) is 1.09. The second-order valence-corrected chi connectivity index (χ2v) is 4.27. The van der Waals surface area contributed by atoms with E-state index >= 15 is 0 Å². The molecule has 12 heavy (non-hydrogen) atoms. The standard InChI is InChI=1S/C6H5BrO3S.Ga/c7-5-2-1-3-6(4-5)11(8,9)10;/h1-4H,(H,8,9,10);. The molecule has 0 aliphatic carbocycles. The van der Waals surface area contributed by atoms with Gasteiger partial charge in [-0.2, -0.15) is 8.42 Å². The molecule has 0 amide bonds. The molecular weight excluding hydrogens is 302 g/mol. The van der Waals surface area contributed by atoms with Crippen molar-refractivity contribution in [2.75, 3.05) is 0 Å². The number of benzene rings is 1. The molecule has 0 heterocycles. The molecule has 1 aromatic rings. The SMILES string of the molecule is O=S(=O)(O)c1cccc(Br)c1.[Ga]. The van der Waals surface area contributed by atoms with Crippen molar-refractivity contribution in [3.8, 4) is 0 Å². The predicted octanol–water partition coefficient (Wildman–Crippen LogP) is 1.32. The number of halogens is 1. The number of hydrogen-bond acceptors (Lipinski definition) is 2. The van der Waals surface area contributed by atoms with Crippen molar-refractivity contribution in [3.63, 3.8) is 0 Å². The van der Waals surface area contributed by atoms with Crippen LogP contribution in [-0.2, 0) is 10.1 Å². The molecule has 0 aliphatic heterocycles. The molecule has 0 saturated heterocycles. The molecule has 0 atom stereocenters. The molecule has 6 heteroatoms. The number of rotatable bonds is 1. The fraction of sp³-hybridized carbons (Fsp3) is 0. The van der Waals surface area contributed by atoms with Gasteiger partial charge in [0.05, 0.1) is 4.90 Å². The zero-order valence-corrected chi connectivity index (χ0v) is 10.8. The van der Waals surface area contributed by atoms with Crippen molar-refractivity contribution >= 4 is 45.8 Å². The fourth-order valence-electron chi connectivity index (χ4n) is 0.627. The zero-order valence-electron chi connectivity index (χ0n) is 5.94. The Balaban J connectivity index is 0.00000121. The summed E-state index contributed by atoms with van der Waals surface area (Å²) >= 11 is 3.08. The quantitative estimate of drug-likeness (QED) is 0.629. The van der Waals surface area contributed by atoms with Crippen LogP contribution in [0.5, 0.6) is 0 Å². The van der Waals surface area contributed by atoms with Crippen LogP contribution in [0.3, 0.4) is 0 Å². The summed E-state index contributed by atoms with van der Waals surface area (Å²) in [5.74, 6) is 0. The molecule has 1 rings (SSSR count). The molecule has 1 aromatic carbocycles. The summed E-state index contributed by atoms with van der Waals surface area (Å²) in [6.45, 7) is 0. The van der Waals surface area contributed by atoms with Crippen LogP contribution in [0.4, 0.5) is 0 Å². The molecule has 0 fully saturated rings. The average molecular weight is 307 g/mol. The van der Waals surface area contributed by atoms with Crippen LogP contribution in [-0.4, -0.2) is 32.8 Å². The van der Waals surface area contributed by atoms with Crippen molar-refractivity contribution in [1.29, 1.82) is 0 Å². The molecule has 0 spiro atoms. The van der Waals surface area contributed by atoms with E-state index < -0.39 is 10.1 Å². The Morgan fingerprint density at radius 2 is 1.92 bits per heavy atom. The van der Waals surface area contributed by atoms with Gasteiger partial charge in [0, 0.05) is 24.3 Å². The third kappa shape index (κ3) is 3.32. The van der Waals surface area contributed by atoms with Gasteiger partial charge in [-0.25, -0.2) is 0 Å². The van der Waals surface area contributed by atoms with Crippen molar-refractivity contribution in [1.82, 2.24) is 0 Å². The van der Waals surface area contributed by atoms with Crippen LogP contribution in [0, 0.1) is 0 Å². The van der Waals surface area contributed by atoms with Gasteiger partial charge in [0.2, 0.25) is 0 Å². The van der Waals surface area contributed by atoms with Gasteiger partial charge < -0.3 is 0 Å². The van der Waals surface area contributed by atoms with Gasteiger partial charge in [-0.15, -0.1) is 0 Å². The smallest absolute Gasteiger partial charge is 0.282 e. The summed E-state index contributed by atoms with van der Waals surface area (Å²) in [6.07, 6.45) is 0. The fourth-order valence-corrected chi connectivity index (χ4v) is 1.70. The first-order valence-electron chi connectivity index (χ1n) is 2.73. The Hall–Kier alpha value is 0.246. The second-order valence-electron chi connectivity index (χ2n) is 1.93. The Kier molecular flexibility index (Phi) is 4.57. The topological polar surface area (TPSA) is 54.4 Å². The van der Waals surface area contributed by atoms with E-state index in [4.69, 9.17) is 4.55 Å². The minimum absolute atomic E-state index is 0. The zero-order chi connectivity index (χ0) is 8.48. The summed E-state index contributed by atoms with van der Waals surface area (Å²) in [7, 11) is -4.06.